The van der Waals surface area contributed by atoms with E-state index in [2.05, 4.69) is 127 Å². The highest BCUT2D eigenvalue weighted by Crippen LogP contribution is 2.56. The van der Waals surface area contributed by atoms with E-state index in [4.69, 9.17) is 24.4 Å². The Balaban J connectivity index is 0.894. The van der Waals surface area contributed by atoms with Gasteiger partial charge in [0.1, 0.15) is 5.52 Å². The van der Waals surface area contributed by atoms with E-state index in [1.807, 2.05) is 91.0 Å². The molecule has 13 rings (SSSR count). The van der Waals surface area contributed by atoms with Crippen molar-refractivity contribution in [2.75, 3.05) is 0 Å². The second kappa shape index (κ2) is 14.9. The van der Waals surface area contributed by atoms with Crippen LogP contribution in [0.2, 0.25) is 0 Å². The number of hydrogen-bond donors (Lipinski definition) is 0. The van der Waals surface area contributed by atoms with Crippen LogP contribution in [0.4, 0.5) is 0 Å². The molecule has 0 atom stereocenters. The van der Waals surface area contributed by atoms with Crippen molar-refractivity contribution in [2.45, 2.75) is 5.41 Å². The predicted molar refractivity (Wildman–Crippen MR) is 265 cm³/mol. The second-order valence-corrected chi connectivity index (χ2v) is 17.6. The van der Waals surface area contributed by atoms with Crippen LogP contribution in [0.15, 0.2) is 223 Å². The molecule has 0 amide bonds. The zero-order chi connectivity index (χ0) is 42.9. The zero-order valence-electron chi connectivity index (χ0n) is 34.9. The van der Waals surface area contributed by atoms with Crippen molar-refractivity contribution in [2.24, 2.45) is 0 Å². The van der Waals surface area contributed by atoms with Crippen LogP contribution in [-0.4, -0.2) is 19.9 Å². The highest BCUT2D eigenvalue weighted by Gasteiger charge is 2.46. The average Bonchev–Trinajstić information content (AvgIpc) is 4.07. The van der Waals surface area contributed by atoms with Crippen molar-refractivity contribution >= 4 is 42.6 Å². The summed E-state index contributed by atoms with van der Waals surface area (Å²) in [5.41, 5.74) is 14.5. The molecular weight excluding hydrogens is 813 g/mol. The van der Waals surface area contributed by atoms with Crippen LogP contribution in [0, 0.1) is 0 Å². The quantitative estimate of drug-likeness (QED) is 0.160. The van der Waals surface area contributed by atoms with Gasteiger partial charge in [0.25, 0.3) is 0 Å². The Hall–Kier alpha value is -8.32. The van der Waals surface area contributed by atoms with Gasteiger partial charge in [0, 0.05) is 42.4 Å². The Morgan fingerprint density at radius 3 is 1.43 bits per heavy atom. The standard InChI is InChI=1S/C59H36N4OS/c1-4-14-38(15-5-1)55-61-56(39-16-6-2-7-17-39)63-57(62-55)42-27-32-48-47-31-26-41(34-53(47)65-54(48)35-42)37-24-28-43(29-25-37)59(49-22-12-10-20-45(49)46-21-11-13-23-50(46)59)44-30-33-51-52(36-44)64-58(60-51)40-18-8-3-9-19-40/h1-36H. The van der Waals surface area contributed by atoms with Crippen LogP contribution >= 0.6 is 11.3 Å². The minimum Gasteiger partial charge on any atom is -0.436 e. The molecule has 0 fully saturated rings. The normalized spacial score (nSPS) is 12.7. The fraction of sp³-hybridized carbons (Fsp3) is 0.0169. The molecule has 0 aliphatic heterocycles. The molecule has 304 valence electrons. The first-order valence-electron chi connectivity index (χ1n) is 21.8. The summed E-state index contributed by atoms with van der Waals surface area (Å²) in [4.78, 5) is 19.8. The topological polar surface area (TPSA) is 64.7 Å². The summed E-state index contributed by atoms with van der Waals surface area (Å²) >= 11 is 1.80. The molecule has 5 nitrogen and oxygen atoms in total. The van der Waals surface area contributed by atoms with Crippen LogP contribution in [0.25, 0.3) is 99.1 Å². The van der Waals surface area contributed by atoms with Crippen LogP contribution in [0.5, 0.6) is 0 Å². The van der Waals surface area contributed by atoms with Gasteiger partial charge in [-0.25, -0.2) is 19.9 Å². The van der Waals surface area contributed by atoms with Crippen LogP contribution in [0.3, 0.4) is 0 Å². The number of fused-ring (bicyclic) bond motifs is 7. The molecule has 9 aromatic carbocycles. The number of nitrogens with zero attached hydrogens (tertiary/aromatic N) is 4. The molecule has 3 aromatic heterocycles. The zero-order valence-corrected chi connectivity index (χ0v) is 35.7. The van der Waals surface area contributed by atoms with Crippen molar-refractivity contribution in [1.82, 2.24) is 19.9 Å². The SMILES string of the molecule is c1ccc(-c2nc(-c3ccccc3)nc(-c3ccc4c(c3)sc3cc(-c5ccc(C6(c7ccc8nc(-c9ccccc9)oc8c7)c7ccccc7-c7ccccc76)cc5)ccc34)n2)cc1. The second-order valence-electron chi connectivity index (χ2n) is 16.5. The fourth-order valence-electron chi connectivity index (χ4n) is 9.83. The smallest absolute Gasteiger partial charge is 0.227 e. The van der Waals surface area contributed by atoms with E-state index in [0.29, 0.717) is 23.4 Å². The lowest BCUT2D eigenvalue weighted by atomic mass is 9.67. The Labute approximate surface area is 379 Å². The maximum absolute atomic E-state index is 6.50. The van der Waals surface area contributed by atoms with Crippen molar-refractivity contribution in [3.63, 3.8) is 0 Å². The number of thiophene rings is 1. The summed E-state index contributed by atoms with van der Waals surface area (Å²) in [6.07, 6.45) is 0. The van der Waals surface area contributed by atoms with Crippen LogP contribution in [-0.2, 0) is 5.41 Å². The molecule has 0 bridgehead atoms. The first-order valence-corrected chi connectivity index (χ1v) is 22.6. The van der Waals surface area contributed by atoms with Crippen molar-refractivity contribution in [1.29, 1.82) is 0 Å². The monoisotopic (exact) mass is 848 g/mol. The van der Waals surface area contributed by atoms with E-state index in [-0.39, 0.29) is 0 Å². The largest absolute Gasteiger partial charge is 0.436 e. The van der Waals surface area contributed by atoms with E-state index in [1.54, 1.807) is 11.3 Å². The minimum atomic E-state index is -0.574. The lowest BCUT2D eigenvalue weighted by molar-refractivity contribution is 0.618. The van der Waals surface area contributed by atoms with Gasteiger partial charge in [-0.15, -0.1) is 11.3 Å². The summed E-state index contributed by atoms with van der Waals surface area (Å²) in [6, 6.07) is 77.2. The van der Waals surface area contributed by atoms with Gasteiger partial charge in [0.15, 0.2) is 23.1 Å². The number of oxazole rings is 1. The molecule has 1 aliphatic carbocycles. The van der Waals surface area contributed by atoms with Crippen molar-refractivity contribution in [3.05, 3.63) is 241 Å². The number of rotatable bonds is 7. The molecule has 12 aromatic rings. The minimum absolute atomic E-state index is 0.574. The lowest BCUT2D eigenvalue weighted by Gasteiger charge is -2.34. The third kappa shape index (κ3) is 6.06. The van der Waals surface area contributed by atoms with Gasteiger partial charge in [-0.05, 0) is 80.9 Å². The Morgan fingerprint density at radius 1 is 0.354 bits per heavy atom. The summed E-state index contributed by atoms with van der Waals surface area (Å²) in [5.74, 6) is 2.59. The van der Waals surface area contributed by atoms with Gasteiger partial charge in [-0.2, -0.15) is 0 Å². The van der Waals surface area contributed by atoms with Gasteiger partial charge in [-0.3, -0.25) is 0 Å². The molecule has 1 aliphatic rings. The summed E-state index contributed by atoms with van der Waals surface area (Å²) in [6.45, 7) is 0. The summed E-state index contributed by atoms with van der Waals surface area (Å²) in [5, 5.41) is 2.45. The van der Waals surface area contributed by atoms with Gasteiger partial charge >= 0.3 is 0 Å². The van der Waals surface area contributed by atoms with Gasteiger partial charge < -0.3 is 4.42 Å². The van der Waals surface area contributed by atoms with Crippen LogP contribution in [0.1, 0.15) is 22.3 Å². The van der Waals surface area contributed by atoms with E-state index < -0.39 is 5.41 Å². The third-order valence-electron chi connectivity index (χ3n) is 12.9. The average molecular weight is 849 g/mol. The van der Waals surface area contributed by atoms with E-state index in [9.17, 15) is 0 Å². The van der Waals surface area contributed by atoms with E-state index in [1.165, 1.54) is 53.6 Å². The highest BCUT2D eigenvalue weighted by atomic mass is 32.1. The molecule has 0 saturated carbocycles. The molecule has 3 heterocycles. The molecular formula is C59H36N4OS. The number of aromatic nitrogens is 4. The summed E-state index contributed by atoms with van der Waals surface area (Å²) in [7, 11) is 0. The third-order valence-corrected chi connectivity index (χ3v) is 14.0. The molecule has 0 saturated heterocycles. The molecule has 0 unspecified atom stereocenters. The first kappa shape index (κ1) is 37.3. The molecule has 0 spiro atoms. The lowest BCUT2D eigenvalue weighted by Crippen LogP contribution is -2.28. The number of hydrogen-bond acceptors (Lipinski definition) is 6. The molecule has 0 radical (unpaired) electrons. The Morgan fingerprint density at radius 2 is 0.831 bits per heavy atom. The summed E-state index contributed by atoms with van der Waals surface area (Å²) < 4.78 is 8.92. The van der Waals surface area contributed by atoms with Crippen LogP contribution < -0.4 is 0 Å². The molecule has 6 heteroatoms. The maximum Gasteiger partial charge on any atom is 0.227 e. The predicted octanol–water partition coefficient (Wildman–Crippen LogP) is 15.1. The maximum atomic E-state index is 6.50. The van der Waals surface area contributed by atoms with Gasteiger partial charge in [-0.1, -0.05) is 182 Å². The van der Waals surface area contributed by atoms with Gasteiger partial charge in [0.05, 0.1) is 5.41 Å². The molecule has 65 heavy (non-hydrogen) atoms. The van der Waals surface area contributed by atoms with Crippen molar-refractivity contribution in [3.8, 4) is 67.9 Å². The fourth-order valence-corrected chi connectivity index (χ4v) is 11.0. The highest BCUT2D eigenvalue weighted by molar-refractivity contribution is 7.25. The molecule has 0 N–H and O–H groups in total. The Bertz CT molecular complexity index is 3660. The van der Waals surface area contributed by atoms with Crippen molar-refractivity contribution < 1.29 is 4.42 Å². The first-order chi connectivity index (χ1) is 32.2. The van der Waals surface area contributed by atoms with E-state index in [0.717, 1.165) is 44.5 Å². The van der Waals surface area contributed by atoms with Gasteiger partial charge in [0.2, 0.25) is 5.89 Å². The number of benzene rings is 9. The Kier molecular flexibility index (Phi) is 8.54. The van der Waals surface area contributed by atoms with E-state index >= 15 is 0 Å².